The van der Waals surface area contributed by atoms with Gasteiger partial charge in [0.1, 0.15) is 10.7 Å². The Kier molecular flexibility index (Phi) is 6.66. The molecule has 0 unspecified atom stereocenters. The summed E-state index contributed by atoms with van der Waals surface area (Å²) >= 11 is 1.70. The Labute approximate surface area is 207 Å². The summed E-state index contributed by atoms with van der Waals surface area (Å²) in [6.07, 6.45) is 5.68. The average Bonchev–Trinajstić information content (AvgIpc) is 3.33. The second-order valence-corrected chi connectivity index (χ2v) is 11.7. The molecule has 0 fully saturated rings. The number of sulfone groups is 1. The third kappa shape index (κ3) is 4.72. The van der Waals surface area contributed by atoms with Crippen LogP contribution in [0, 0.1) is 0 Å². The van der Waals surface area contributed by atoms with Gasteiger partial charge in [0.25, 0.3) is 5.56 Å². The van der Waals surface area contributed by atoms with Crippen molar-refractivity contribution in [2.75, 3.05) is 11.5 Å². The van der Waals surface area contributed by atoms with E-state index in [1.54, 1.807) is 18.0 Å². The largest absolute Gasteiger partial charge is 0.331 e. The summed E-state index contributed by atoms with van der Waals surface area (Å²) in [7, 11) is -3.69. The number of hydrogen-bond acceptors (Lipinski definition) is 6. The third-order valence-corrected chi connectivity index (χ3v) is 9.20. The summed E-state index contributed by atoms with van der Waals surface area (Å²) in [4.78, 5) is 30.9. The molecule has 0 N–H and O–H groups in total. The quantitative estimate of drug-likeness (QED) is 0.205. The highest BCUT2D eigenvalue weighted by molar-refractivity contribution is 7.99. The molecule has 3 aromatic heterocycles. The first-order chi connectivity index (χ1) is 17.0. The molecule has 5 rings (SSSR count). The van der Waals surface area contributed by atoms with Crippen LogP contribution in [0.25, 0.3) is 5.65 Å². The lowest BCUT2D eigenvalue weighted by Gasteiger charge is -2.23. The smallest absolute Gasteiger partial charge is 0.294 e. The first kappa shape index (κ1) is 23.6. The zero-order valence-corrected chi connectivity index (χ0v) is 20.8. The van der Waals surface area contributed by atoms with Crippen LogP contribution in [-0.2, 0) is 29.3 Å². The highest BCUT2D eigenvalue weighted by atomic mass is 32.2. The number of thioether (sulfide) groups is 1. The van der Waals surface area contributed by atoms with Gasteiger partial charge in [-0.2, -0.15) is 0 Å². The van der Waals surface area contributed by atoms with Crippen LogP contribution in [0.2, 0.25) is 0 Å². The van der Waals surface area contributed by atoms with Crippen molar-refractivity contribution in [3.63, 3.8) is 0 Å². The van der Waals surface area contributed by atoms with Gasteiger partial charge >= 0.3 is 5.69 Å². The molecule has 10 heteroatoms. The van der Waals surface area contributed by atoms with E-state index in [2.05, 4.69) is 4.98 Å². The van der Waals surface area contributed by atoms with E-state index in [1.165, 1.54) is 9.13 Å². The second kappa shape index (κ2) is 9.87. The van der Waals surface area contributed by atoms with Crippen LogP contribution in [0.15, 0.2) is 80.6 Å². The summed E-state index contributed by atoms with van der Waals surface area (Å²) in [5.41, 5.74) is 0.900. The molecule has 0 radical (unpaired) electrons. The highest BCUT2D eigenvalue weighted by Crippen LogP contribution is 2.22. The summed E-state index contributed by atoms with van der Waals surface area (Å²) in [5.74, 6) is 0.780. The van der Waals surface area contributed by atoms with Crippen LogP contribution < -0.4 is 11.2 Å². The zero-order chi connectivity index (χ0) is 24.4. The van der Waals surface area contributed by atoms with Crippen molar-refractivity contribution in [2.45, 2.75) is 48.8 Å². The minimum absolute atomic E-state index is 0.0431. The minimum Gasteiger partial charge on any atom is -0.294 e. The molecule has 0 saturated carbocycles. The number of hydrogen-bond donors (Lipinski definition) is 0. The fourth-order valence-electron chi connectivity index (χ4n) is 4.54. The predicted octanol–water partition coefficient (Wildman–Crippen LogP) is 3.00. The van der Waals surface area contributed by atoms with E-state index in [1.807, 2.05) is 59.1 Å². The van der Waals surface area contributed by atoms with Crippen molar-refractivity contribution in [3.05, 3.63) is 92.9 Å². The molecule has 0 saturated heterocycles. The Morgan fingerprint density at radius 1 is 1.00 bits per heavy atom. The topological polar surface area (TPSA) is 95.4 Å². The molecular weight excluding hydrogens is 484 g/mol. The summed E-state index contributed by atoms with van der Waals surface area (Å²) < 4.78 is 30.3. The molecule has 4 heterocycles. The standard InChI is InChI=1S/C25H26N4O4S2/c30-23-20(18-19-8-2-1-3-9-19)24-29(14-7-17-35(24,32)33)25(31)28(23)13-4-5-16-34-22-11-6-10-21-26-12-15-27(21)22/h1-3,6,8-12,15H,4-5,7,13-14,16-18H2. The van der Waals surface area contributed by atoms with Crippen molar-refractivity contribution in [3.8, 4) is 0 Å². The molecule has 0 bridgehead atoms. The molecule has 0 amide bonds. The number of pyridine rings is 1. The van der Waals surface area contributed by atoms with Crippen molar-refractivity contribution in [1.82, 2.24) is 18.5 Å². The molecule has 35 heavy (non-hydrogen) atoms. The van der Waals surface area contributed by atoms with Gasteiger partial charge in [0, 0.05) is 31.9 Å². The van der Waals surface area contributed by atoms with Gasteiger partial charge in [-0.25, -0.2) is 18.2 Å². The lowest BCUT2D eigenvalue weighted by molar-refractivity contribution is 0.463. The van der Waals surface area contributed by atoms with Crippen LogP contribution in [0.3, 0.4) is 0 Å². The SMILES string of the molecule is O=c1c(Cc2ccccc2)c2n(c(=O)n1CCCCSc1cccc3nccn13)CCCS2(=O)=O. The minimum atomic E-state index is -3.69. The van der Waals surface area contributed by atoms with Crippen LogP contribution in [0.1, 0.15) is 30.4 Å². The number of unbranched alkanes of at least 4 members (excludes halogenated alkanes) is 1. The maximum atomic E-state index is 13.4. The Bertz CT molecular complexity index is 1590. The molecular formula is C25H26N4O4S2. The second-order valence-electron chi connectivity index (χ2n) is 8.58. The maximum Gasteiger partial charge on any atom is 0.331 e. The molecule has 1 aromatic carbocycles. The maximum absolute atomic E-state index is 13.4. The normalized spacial score (nSPS) is 14.7. The van der Waals surface area contributed by atoms with Crippen LogP contribution in [0.4, 0.5) is 0 Å². The number of imidazole rings is 1. The molecule has 8 nitrogen and oxygen atoms in total. The average molecular weight is 511 g/mol. The third-order valence-electron chi connectivity index (χ3n) is 6.20. The molecule has 1 aliphatic heterocycles. The molecule has 0 atom stereocenters. The number of fused-ring (bicyclic) bond motifs is 2. The monoisotopic (exact) mass is 510 g/mol. The van der Waals surface area contributed by atoms with E-state index in [9.17, 15) is 18.0 Å². The molecule has 182 valence electrons. The fraction of sp³-hybridized carbons (Fsp3) is 0.320. The van der Waals surface area contributed by atoms with Gasteiger partial charge in [-0.3, -0.25) is 18.3 Å². The van der Waals surface area contributed by atoms with Gasteiger partial charge in [0.15, 0.2) is 9.84 Å². The van der Waals surface area contributed by atoms with Crippen molar-refractivity contribution in [1.29, 1.82) is 0 Å². The summed E-state index contributed by atoms with van der Waals surface area (Å²) in [5, 5.41) is 0.990. The van der Waals surface area contributed by atoms with Gasteiger partial charge in [-0.15, -0.1) is 11.8 Å². The van der Waals surface area contributed by atoms with Crippen LogP contribution in [0.5, 0.6) is 0 Å². The van der Waals surface area contributed by atoms with E-state index in [0.29, 0.717) is 19.4 Å². The molecule has 1 aliphatic rings. The van der Waals surface area contributed by atoms with E-state index >= 15 is 0 Å². The fourth-order valence-corrected chi connectivity index (χ4v) is 7.30. The first-order valence-corrected chi connectivity index (χ1v) is 14.3. The van der Waals surface area contributed by atoms with E-state index in [4.69, 9.17) is 0 Å². The lowest BCUT2D eigenvalue weighted by Crippen LogP contribution is -2.46. The van der Waals surface area contributed by atoms with E-state index in [-0.39, 0.29) is 29.3 Å². The van der Waals surface area contributed by atoms with Gasteiger partial charge in [0.2, 0.25) is 0 Å². The number of aromatic nitrogens is 4. The predicted molar refractivity (Wildman–Crippen MR) is 136 cm³/mol. The van der Waals surface area contributed by atoms with Crippen molar-refractivity contribution >= 4 is 27.2 Å². The molecule has 4 aromatic rings. The lowest BCUT2D eigenvalue weighted by atomic mass is 10.1. The van der Waals surface area contributed by atoms with Gasteiger partial charge in [-0.1, -0.05) is 36.4 Å². The first-order valence-electron chi connectivity index (χ1n) is 11.6. The highest BCUT2D eigenvalue weighted by Gasteiger charge is 2.31. The Balaban J connectivity index is 1.38. The van der Waals surface area contributed by atoms with Crippen LogP contribution in [-0.4, -0.2) is 38.4 Å². The van der Waals surface area contributed by atoms with Crippen LogP contribution >= 0.6 is 11.8 Å². The van der Waals surface area contributed by atoms with Crippen molar-refractivity contribution in [2.24, 2.45) is 0 Å². The zero-order valence-electron chi connectivity index (χ0n) is 19.2. The van der Waals surface area contributed by atoms with Crippen molar-refractivity contribution < 1.29 is 8.42 Å². The van der Waals surface area contributed by atoms with Gasteiger partial charge < -0.3 is 0 Å². The Morgan fingerprint density at radius 2 is 1.83 bits per heavy atom. The Hall–Kier alpha value is -3.11. The summed E-state index contributed by atoms with van der Waals surface area (Å²) in [6, 6.07) is 15.3. The molecule has 0 spiro atoms. The van der Waals surface area contributed by atoms with Gasteiger partial charge in [-0.05, 0) is 42.7 Å². The number of benzene rings is 1. The number of nitrogens with zero attached hydrogens (tertiary/aromatic N) is 4. The van der Waals surface area contributed by atoms with E-state index in [0.717, 1.165) is 28.4 Å². The van der Waals surface area contributed by atoms with E-state index < -0.39 is 21.1 Å². The molecule has 0 aliphatic carbocycles. The summed E-state index contributed by atoms with van der Waals surface area (Å²) in [6.45, 7) is 0.565. The van der Waals surface area contributed by atoms with Gasteiger partial charge in [0.05, 0.1) is 16.3 Å². The number of rotatable bonds is 8. The Morgan fingerprint density at radius 3 is 2.66 bits per heavy atom.